The molecule has 0 radical (unpaired) electrons. The van der Waals surface area contributed by atoms with Gasteiger partial charge in [-0.1, -0.05) is 9.59 Å². The van der Waals surface area contributed by atoms with E-state index in [1.165, 1.54) is 40.6 Å². The normalized spacial score (nSPS) is 14.4. The van der Waals surface area contributed by atoms with Gasteiger partial charge in [0.2, 0.25) is 5.13 Å². The lowest BCUT2D eigenvalue weighted by Crippen LogP contribution is -2.10. The van der Waals surface area contributed by atoms with Gasteiger partial charge in [-0.3, -0.25) is 0 Å². The minimum absolute atomic E-state index is 0.827. The second-order valence-electron chi connectivity index (χ2n) is 3.95. The van der Waals surface area contributed by atoms with Crippen molar-refractivity contribution in [1.82, 2.24) is 14.8 Å². The van der Waals surface area contributed by atoms with Gasteiger partial charge in [0.05, 0.1) is 0 Å². The van der Waals surface area contributed by atoms with Crippen molar-refractivity contribution < 1.29 is 0 Å². The molecule has 0 N–H and O–H groups in total. The fraction of sp³-hybridized carbons (Fsp3) is 0.364. The fourth-order valence-corrected chi connectivity index (χ4v) is 3.39. The van der Waals surface area contributed by atoms with Crippen LogP contribution in [0.25, 0.3) is 0 Å². The molecule has 1 aromatic heterocycles. The third kappa shape index (κ3) is 2.14. The molecule has 1 aromatic carbocycles. The van der Waals surface area contributed by atoms with E-state index in [-0.39, 0.29) is 0 Å². The first-order valence-corrected chi connectivity index (χ1v) is 7.25. The van der Waals surface area contributed by atoms with E-state index in [1.54, 1.807) is 0 Å². The summed E-state index contributed by atoms with van der Waals surface area (Å²) >= 11 is 3.26. The van der Waals surface area contributed by atoms with Crippen LogP contribution in [0.2, 0.25) is 0 Å². The Labute approximate surface area is 108 Å². The topological polar surface area (TPSA) is 41.9 Å². The van der Waals surface area contributed by atoms with E-state index in [0.29, 0.717) is 0 Å². The maximum Gasteiger partial charge on any atom is 0.232 e. The highest BCUT2D eigenvalue weighted by Crippen LogP contribution is 2.34. The largest absolute Gasteiger partial charge is 0.318 e. The van der Waals surface area contributed by atoms with Crippen LogP contribution in [0.15, 0.2) is 23.1 Å². The van der Waals surface area contributed by atoms with Gasteiger partial charge in [0.15, 0.2) is 0 Å². The molecule has 0 saturated heterocycles. The average Bonchev–Trinajstić information content (AvgIpc) is 2.91. The molecule has 4 nitrogen and oxygen atoms in total. The molecule has 17 heavy (non-hydrogen) atoms. The quantitative estimate of drug-likeness (QED) is 0.834. The molecule has 2 heterocycles. The van der Waals surface area contributed by atoms with Gasteiger partial charge in [-0.15, -0.1) is 11.8 Å². The Kier molecular flexibility index (Phi) is 2.98. The summed E-state index contributed by atoms with van der Waals surface area (Å²) < 4.78 is 3.79. The standard InChI is InChI=1S/C11H12N4S2/c1-15(11-12-13-14-17-11)9-4-5-10-8(7-9)3-2-6-16-10/h4-5,7H,2-3,6H2,1H3. The predicted octanol–water partition coefficient (Wildman–Crippen LogP) is 2.74. The number of aryl methyl sites for hydroxylation is 1. The van der Waals surface area contributed by atoms with E-state index in [9.17, 15) is 0 Å². The summed E-state index contributed by atoms with van der Waals surface area (Å²) in [4.78, 5) is 3.45. The number of benzene rings is 1. The lowest BCUT2D eigenvalue weighted by atomic mass is 10.1. The van der Waals surface area contributed by atoms with Crippen molar-refractivity contribution in [3.05, 3.63) is 23.8 Å². The molecule has 0 unspecified atom stereocenters. The molecule has 0 saturated carbocycles. The van der Waals surface area contributed by atoms with Crippen molar-refractivity contribution in [1.29, 1.82) is 0 Å². The summed E-state index contributed by atoms with van der Waals surface area (Å²) in [5.74, 6) is 1.24. The van der Waals surface area contributed by atoms with Crippen LogP contribution in [0.1, 0.15) is 12.0 Å². The molecule has 1 aliphatic heterocycles. The number of anilines is 2. The highest BCUT2D eigenvalue weighted by Gasteiger charge is 2.13. The predicted molar refractivity (Wildman–Crippen MR) is 71.3 cm³/mol. The first kappa shape index (κ1) is 11.0. The molecular formula is C11H12N4S2. The summed E-state index contributed by atoms with van der Waals surface area (Å²) in [5, 5.41) is 8.44. The highest BCUT2D eigenvalue weighted by atomic mass is 32.2. The van der Waals surface area contributed by atoms with Gasteiger partial charge in [0.25, 0.3) is 0 Å². The third-order valence-electron chi connectivity index (χ3n) is 2.86. The fourth-order valence-electron chi connectivity index (χ4n) is 1.92. The first-order valence-electron chi connectivity index (χ1n) is 5.49. The second kappa shape index (κ2) is 4.62. The molecule has 6 heteroatoms. The zero-order valence-corrected chi connectivity index (χ0v) is 11.1. The van der Waals surface area contributed by atoms with Gasteiger partial charge >= 0.3 is 0 Å². The van der Waals surface area contributed by atoms with E-state index in [0.717, 1.165) is 10.8 Å². The average molecular weight is 264 g/mol. The summed E-state index contributed by atoms with van der Waals surface area (Å²) in [6, 6.07) is 6.60. The molecule has 2 aromatic rings. The summed E-state index contributed by atoms with van der Waals surface area (Å²) in [6.45, 7) is 0. The van der Waals surface area contributed by atoms with Crippen LogP contribution in [0.3, 0.4) is 0 Å². The number of fused-ring (bicyclic) bond motifs is 1. The molecule has 88 valence electrons. The van der Waals surface area contributed by atoms with Crippen LogP contribution < -0.4 is 4.90 Å². The lowest BCUT2D eigenvalue weighted by Gasteiger charge is -2.20. The highest BCUT2D eigenvalue weighted by molar-refractivity contribution is 7.99. The Balaban J connectivity index is 1.93. The van der Waals surface area contributed by atoms with Crippen LogP contribution in [-0.4, -0.2) is 27.6 Å². The molecule has 0 spiro atoms. The summed E-state index contributed by atoms with van der Waals surface area (Å²) in [5.41, 5.74) is 2.60. The Morgan fingerprint density at radius 1 is 1.35 bits per heavy atom. The molecular weight excluding hydrogens is 252 g/mol. The molecule has 0 atom stereocenters. The van der Waals surface area contributed by atoms with E-state index in [1.807, 2.05) is 23.7 Å². The van der Waals surface area contributed by atoms with Gasteiger partial charge in [-0.05, 0) is 47.6 Å². The number of hydrogen-bond donors (Lipinski definition) is 0. The first-order chi connectivity index (χ1) is 8.34. The summed E-state index contributed by atoms with van der Waals surface area (Å²) in [7, 11) is 2.00. The van der Waals surface area contributed by atoms with Crippen molar-refractivity contribution in [2.75, 3.05) is 17.7 Å². The maximum atomic E-state index is 3.98. The van der Waals surface area contributed by atoms with Gasteiger partial charge in [0.1, 0.15) is 0 Å². The van der Waals surface area contributed by atoms with Crippen LogP contribution >= 0.6 is 23.3 Å². The smallest absolute Gasteiger partial charge is 0.232 e. The summed E-state index contributed by atoms with van der Waals surface area (Å²) in [6.07, 6.45) is 2.45. The maximum absolute atomic E-state index is 3.98. The molecule has 0 amide bonds. The number of nitrogens with zero attached hydrogens (tertiary/aromatic N) is 4. The second-order valence-corrected chi connectivity index (χ2v) is 5.80. The van der Waals surface area contributed by atoms with E-state index < -0.39 is 0 Å². The minimum Gasteiger partial charge on any atom is -0.318 e. The van der Waals surface area contributed by atoms with Gasteiger partial charge in [-0.2, -0.15) is 0 Å². The van der Waals surface area contributed by atoms with Crippen molar-refractivity contribution in [2.24, 2.45) is 0 Å². The van der Waals surface area contributed by atoms with Crippen LogP contribution in [0.4, 0.5) is 10.8 Å². The molecule has 0 bridgehead atoms. The Morgan fingerprint density at radius 3 is 3.12 bits per heavy atom. The van der Waals surface area contributed by atoms with Gasteiger partial charge < -0.3 is 4.90 Å². The van der Waals surface area contributed by atoms with E-state index >= 15 is 0 Å². The Morgan fingerprint density at radius 2 is 2.29 bits per heavy atom. The van der Waals surface area contributed by atoms with Crippen molar-refractivity contribution in [3.63, 3.8) is 0 Å². The van der Waals surface area contributed by atoms with Crippen LogP contribution in [0, 0.1) is 0 Å². The lowest BCUT2D eigenvalue weighted by molar-refractivity contribution is 0.888. The molecule has 0 fully saturated rings. The van der Waals surface area contributed by atoms with Gasteiger partial charge in [0, 0.05) is 29.2 Å². The zero-order valence-electron chi connectivity index (χ0n) is 9.46. The van der Waals surface area contributed by atoms with Crippen molar-refractivity contribution in [3.8, 4) is 0 Å². The molecule has 1 aliphatic rings. The monoisotopic (exact) mass is 264 g/mol. The number of aromatic nitrogens is 3. The molecule has 3 rings (SSSR count). The van der Waals surface area contributed by atoms with E-state index in [4.69, 9.17) is 0 Å². The zero-order chi connectivity index (χ0) is 11.7. The number of thioether (sulfide) groups is 1. The molecule has 0 aliphatic carbocycles. The third-order valence-corrected chi connectivity index (χ3v) is 4.73. The van der Waals surface area contributed by atoms with Gasteiger partial charge in [-0.25, -0.2) is 0 Å². The van der Waals surface area contributed by atoms with Crippen molar-refractivity contribution in [2.45, 2.75) is 17.7 Å². The van der Waals surface area contributed by atoms with Crippen molar-refractivity contribution >= 4 is 34.1 Å². The minimum atomic E-state index is 0.827. The Hall–Kier alpha value is -1.14. The number of hydrogen-bond acceptors (Lipinski definition) is 6. The number of rotatable bonds is 2. The Bertz CT molecular complexity index is 512. The van der Waals surface area contributed by atoms with Crippen LogP contribution in [-0.2, 0) is 6.42 Å². The van der Waals surface area contributed by atoms with Crippen LogP contribution in [0.5, 0.6) is 0 Å². The van der Waals surface area contributed by atoms with E-state index in [2.05, 4.69) is 33.0 Å². The SMILES string of the molecule is CN(c1ccc2c(c1)CCCS2)c1nnns1.